The van der Waals surface area contributed by atoms with Crippen molar-refractivity contribution in [2.75, 3.05) is 0 Å². The molecule has 1 heteroatoms. The lowest BCUT2D eigenvalue weighted by Crippen LogP contribution is -1.97. The van der Waals surface area contributed by atoms with E-state index in [1.807, 2.05) is 18.3 Å². The Morgan fingerprint density at radius 3 is 2.73 bits per heavy atom. The van der Waals surface area contributed by atoms with Gasteiger partial charge >= 0.3 is 0 Å². The summed E-state index contributed by atoms with van der Waals surface area (Å²) >= 11 is 0. The molecule has 0 radical (unpaired) electrons. The van der Waals surface area contributed by atoms with Crippen molar-refractivity contribution in [2.45, 2.75) is 33.6 Å². The molecule has 80 valence electrons. The zero-order valence-electron chi connectivity index (χ0n) is 9.83. The van der Waals surface area contributed by atoms with Crippen molar-refractivity contribution in [3.63, 3.8) is 0 Å². The lowest BCUT2D eigenvalue weighted by molar-refractivity contribution is 0.545. The molecule has 0 atom stereocenters. The Hall–Kier alpha value is -1.33. The monoisotopic (exact) mass is 201 g/mol. The van der Waals surface area contributed by atoms with Gasteiger partial charge in [-0.25, -0.2) is 0 Å². The van der Waals surface area contributed by atoms with E-state index in [0.29, 0.717) is 0 Å². The van der Waals surface area contributed by atoms with Crippen molar-refractivity contribution in [1.82, 2.24) is 4.98 Å². The fourth-order valence-corrected chi connectivity index (χ4v) is 1.16. The van der Waals surface area contributed by atoms with Gasteiger partial charge in [0.05, 0.1) is 0 Å². The molecule has 0 bridgehead atoms. The predicted molar refractivity (Wildman–Crippen MR) is 64.7 cm³/mol. The van der Waals surface area contributed by atoms with E-state index in [-0.39, 0.29) is 5.41 Å². The smallest absolute Gasteiger partial charge is 0.0406 e. The van der Waals surface area contributed by atoms with Gasteiger partial charge in [0.25, 0.3) is 0 Å². The van der Waals surface area contributed by atoms with Crippen LogP contribution in [0.2, 0.25) is 0 Å². The van der Waals surface area contributed by atoms with Gasteiger partial charge in [0.15, 0.2) is 0 Å². The van der Waals surface area contributed by atoms with Crippen LogP contribution < -0.4 is 0 Å². The standard InChI is InChI=1S/C14H19N/c1-14(2,3)11-7-4-5-9-13-10-6-8-12-15-13/h4,6,8,10-12H,5,9H2,1-3H3. The van der Waals surface area contributed by atoms with Crippen molar-refractivity contribution >= 4 is 0 Å². The summed E-state index contributed by atoms with van der Waals surface area (Å²) in [6.07, 6.45) is 8.02. The van der Waals surface area contributed by atoms with E-state index in [1.54, 1.807) is 0 Å². The first-order chi connectivity index (χ1) is 7.08. The van der Waals surface area contributed by atoms with Crippen LogP contribution in [0.5, 0.6) is 0 Å². The SMILES string of the molecule is CC(C)(C)C=C=CCCc1ccccn1. The van der Waals surface area contributed by atoms with Crippen molar-refractivity contribution in [3.05, 3.63) is 48.0 Å². The van der Waals surface area contributed by atoms with Crippen LogP contribution in [-0.4, -0.2) is 4.98 Å². The molecular formula is C14H19N. The Labute approximate surface area is 92.6 Å². The van der Waals surface area contributed by atoms with Crippen LogP contribution in [0.3, 0.4) is 0 Å². The maximum atomic E-state index is 4.27. The van der Waals surface area contributed by atoms with Gasteiger partial charge < -0.3 is 0 Å². The fourth-order valence-electron chi connectivity index (χ4n) is 1.16. The number of pyridine rings is 1. The second-order valence-electron chi connectivity index (χ2n) is 4.74. The minimum atomic E-state index is 0.224. The van der Waals surface area contributed by atoms with E-state index in [4.69, 9.17) is 0 Å². The van der Waals surface area contributed by atoms with Gasteiger partial charge in [-0.05, 0) is 42.5 Å². The van der Waals surface area contributed by atoms with Gasteiger partial charge in [-0.15, -0.1) is 5.73 Å². The zero-order valence-corrected chi connectivity index (χ0v) is 9.83. The minimum absolute atomic E-state index is 0.224. The molecule has 0 amide bonds. The molecule has 0 saturated carbocycles. The van der Waals surface area contributed by atoms with Crippen molar-refractivity contribution < 1.29 is 0 Å². The van der Waals surface area contributed by atoms with Crippen LogP contribution in [0.25, 0.3) is 0 Å². The van der Waals surface area contributed by atoms with Gasteiger partial charge in [0.2, 0.25) is 0 Å². The molecule has 0 unspecified atom stereocenters. The highest BCUT2D eigenvalue weighted by atomic mass is 14.7. The molecule has 0 N–H and O–H groups in total. The highest BCUT2D eigenvalue weighted by molar-refractivity contribution is 5.04. The Bertz CT molecular complexity index is 337. The maximum absolute atomic E-state index is 4.27. The second-order valence-corrected chi connectivity index (χ2v) is 4.74. The second kappa shape index (κ2) is 5.53. The first-order valence-corrected chi connectivity index (χ1v) is 5.40. The number of hydrogen-bond donors (Lipinski definition) is 0. The molecule has 1 aromatic heterocycles. The van der Waals surface area contributed by atoms with Crippen LogP contribution in [0.15, 0.2) is 42.3 Å². The van der Waals surface area contributed by atoms with Gasteiger partial charge in [-0.3, -0.25) is 4.98 Å². The van der Waals surface area contributed by atoms with Gasteiger partial charge in [0.1, 0.15) is 0 Å². The molecule has 0 spiro atoms. The van der Waals surface area contributed by atoms with Gasteiger partial charge in [-0.1, -0.05) is 26.8 Å². The minimum Gasteiger partial charge on any atom is -0.261 e. The van der Waals surface area contributed by atoms with E-state index in [1.165, 1.54) is 0 Å². The lowest BCUT2D eigenvalue weighted by Gasteiger charge is -2.08. The number of hydrogen-bond acceptors (Lipinski definition) is 1. The molecule has 1 heterocycles. The molecule has 1 nitrogen and oxygen atoms in total. The molecule has 15 heavy (non-hydrogen) atoms. The molecule has 0 aliphatic rings. The first kappa shape index (κ1) is 11.7. The van der Waals surface area contributed by atoms with Crippen molar-refractivity contribution in [1.29, 1.82) is 0 Å². The average Bonchev–Trinajstić information content (AvgIpc) is 2.17. The van der Waals surface area contributed by atoms with E-state index < -0.39 is 0 Å². The molecule has 1 rings (SSSR count). The molecule has 0 fully saturated rings. The molecule has 1 aromatic rings. The zero-order chi connectivity index (χ0) is 11.1. The number of allylic oxidation sites excluding steroid dienone is 1. The topological polar surface area (TPSA) is 12.9 Å². The van der Waals surface area contributed by atoms with Crippen LogP contribution >= 0.6 is 0 Å². The molecular weight excluding hydrogens is 182 g/mol. The Morgan fingerprint density at radius 2 is 2.13 bits per heavy atom. The van der Waals surface area contributed by atoms with Crippen molar-refractivity contribution in [2.24, 2.45) is 5.41 Å². The Balaban J connectivity index is 2.37. The number of aryl methyl sites for hydroxylation is 1. The Morgan fingerprint density at radius 1 is 1.33 bits per heavy atom. The van der Waals surface area contributed by atoms with E-state index in [0.717, 1.165) is 18.5 Å². The van der Waals surface area contributed by atoms with E-state index in [9.17, 15) is 0 Å². The Kier molecular flexibility index (Phi) is 4.33. The molecule has 0 aliphatic heterocycles. The third-order valence-corrected chi connectivity index (χ3v) is 1.91. The third-order valence-electron chi connectivity index (χ3n) is 1.91. The molecule has 0 aliphatic carbocycles. The van der Waals surface area contributed by atoms with Gasteiger partial charge in [0, 0.05) is 11.9 Å². The largest absolute Gasteiger partial charge is 0.261 e. The fraction of sp³-hybridized carbons (Fsp3) is 0.429. The van der Waals surface area contributed by atoms with Crippen LogP contribution in [-0.2, 0) is 6.42 Å². The summed E-state index contributed by atoms with van der Waals surface area (Å²) in [6, 6.07) is 6.02. The average molecular weight is 201 g/mol. The summed E-state index contributed by atoms with van der Waals surface area (Å²) in [7, 11) is 0. The van der Waals surface area contributed by atoms with Gasteiger partial charge in [-0.2, -0.15) is 0 Å². The lowest BCUT2D eigenvalue weighted by atomic mass is 9.97. The summed E-state index contributed by atoms with van der Waals surface area (Å²) in [5.41, 5.74) is 4.59. The molecule has 0 aromatic carbocycles. The summed E-state index contributed by atoms with van der Waals surface area (Å²) in [6.45, 7) is 6.52. The molecule has 0 saturated heterocycles. The number of rotatable bonds is 3. The van der Waals surface area contributed by atoms with Crippen molar-refractivity contribution in [3.8, 4) is 0 Å². The summed E-state index contributed by atoms with van der Waals surface area (Å²) < 4.78 is 0. The number of nitrogens with zero attached hydrogens (tertiary/aromatic N) is 1. The van der Waals surface area contributed by atoms with E-state index >= 15 is 0 Å². The first-order valence-electron chi connectivity index (χ1n) is 5.40. The summed E-state index contributed by atoms with van der Waals surface area (Å²) in [5, 5.41) is 0. The summed E-state index contributed by atoms with van der Waals surface area (Å²) in [5.74, 6) is 0. The van der Waals surface area contributed by atoms with Crippen LogP contribution in [0.4, 0.5) is 0 Å². The summed E-state index contributed by atoms with van der Waals surface area (Å²) in [4.78, 5) is 4.27. The van der Waals surface area contributed by atoms with Crippen LogP contribution in [0.1, 0.15) is 32.9 Å². The number of aromatic nitrogens is 1. The van der Waals surface area contributed by atoms with E-state index in [2.05, 4.69) is 49.7 Å². The highest BCUT2D eigenvalue weighted by Gasteiger charge is 2.01. The maximum Gasteiger partial charge on any atom is 0.0406 e. The predicted octanol–water partition coefficient (Wildman–Crippen LogP) is 3.77. The quantitative estimate of drug-likeness (QED) is 0.678. The highest BCUT2D eigenvalue weighted by Crippen LogP contribution is 2.13. The van der Waals surface area contributed by atoms with Crippen LogP contribution in [0, 0.1) is 5.41 Å². The normalized spacial score (nSPS) is 10.6. The third kappa shape index (κ3) is 5.87.